The topological polar surface area (TPSA) is 84.5 Å². The van der Waals surface area contributed by atoms with Crippen molar-refractivity contribution in [2.75, 3.05) is 7.11 Å². The number of hydrogen-bond acceptors (Lipinski definition) is 4. The van der Waals surface area contributed by atoms with E-state index in [2.05, 4.69) is 10.0 Å². The Bertz CT molecular complexity index is 909. The van der Waals surface area contributed by atoms with Gasteiger partial charge in [-0.05, 0) is 49.4 Å². The van der Waals surface area contributed by atoms with Gasteiger partial charge in [-0.25, -0.2) is 8.42 Å². The summed E-state index contributed by atoms with van der Waals surface area (Å²) in [7, 11) is -2.52. The standard InChI is InChI=1S/C20H24N2O4S/c1-14-8-11-18(26-2)19(12-14)27(24,25)22-17(20(23)21-16-9-10-16)13-15-6-4-3-5-7-15/h3-8,11-12,16-17,22H,9-10,13H2,1-2H3,(H,21,23)/t17-/m1/s1. The first-order valence-electron chi connectivity index (χ1n) is 8.90. The largest absolute Gasteiger partial charge is 0.495 e. The van der Waals surface area contributed by atoms with Crippen LogP contribution in [0.15, 0.2) is 53.4 Å². The molecular weight excluding hydrogens is 364 g/mol. The molecule has 0 spiro atoms. The van der Waals surface area contributed by atoms with Crippen LogP contribution in [0.4, 0.5) is 0 Å². The third kappa shape index (κ3) is 5.08. The zero-order valence-electron chi connectivity index (χ0n) is 15.4. The highest BCUT2D eigenvalue weighted by Crippen LogP contribution is 2.25. The molecular formula is C20H24N2O4S. The van der Waals surface area contributed by atoms with Crippen molar-refractivity contribution in [2.45, 2.75) is 43.2 Å². The summed E-state index contributed by atoms with van der Waals surface area (Å²) < 4.78 is 33.8. The van der Waals surface area contributed by atoms with Gasteiger partial charge in [0.15, 0.2) is 0 Å². The van der Waals surface area contributed by atoms with Crippen molar-refractivity contribution < 1.29 is 17.9 Å². The van der Waals surface area contributed by atoms with Gasteiger partial charge in [0, 0.05) is 6.04 Å². The minimum absolute atomic E-state index is 0.0299. The van der Waals surface area contributed by atoms with Gasteiger partial charge in [-0.1, -0.05) is 36.4 Å². The maximum Gasteiger partial charge on any atom is 0.244 e. The fourth-order valence-corrected chi connectivity index (χ4v) is 4.26. The Morgan fingerprint density at radius 3 is 2.52 bits per heavy atom. The molecule has 0 saturated heterocycles. The Labute approximate surface area is 160 Å². The first kappa shape index (κ1) is 19.4. The molecule has 1 amide bonds. The molecule has 1 aliphatic carbocycles. The summed E-state index contributed by atoms with van der Waals surface area (Å²) in [4.78, 5) is 12.7. The molecule has 1 fully saturated rings. The van der Waals surface area contributed by atoms with Crippen molar-refractivity contribution in [3.05, 3.63) is 59.7 Å². The number of ether oxygens (including phenoxy) is 1. The molecule has 0 aliphatic heterocycles. The quantitative estimate of drug-likeness (QED) is 0.726. The molecule has 0 radical (unpaired) electrons. The zero-order chi connectivity index (χ0) is 19.4. The Kier molecular flexibility index (Phi) is 5.82. The van der Waals surface area contributed by atoms with Crippen LogP contribution in [-0.2, 0) is 21.2 Å². The van der Waals surface area contributed by atoms with E-state index in [1.807, 2.05) is 30.3 Å². The first-order valence-corrected chi connectivity index (χ1v) is 10.4. The Morgan fingerprint density at radius 2 is 1.89 bits per heavy atom. The smallest absolute Gasteiger partial charge is 0.244 e. The molecule has 2 N–H and O–H groups in total. The van der Waals surface area contributed by atoms with E-state index in [1.165, 1.54) is 7.11 Å². The molecule has 0 unspecified atom stereocenters. The summed E-state index contributed by atoms with van der Waals surface area (Å²) in [5, 5.41) is 2.89. The average Bonchev–Trinajstić information content (AvgIpc) is 3.46. The summed E-state index contributed by atoms with van der Waals surface area (Å²) >= 11 is 0. The lowest BCUT2D eigenvalue weighted by atomic mass is 10.1. The summed E-state index contributed by atoms with van der Waals surface area (Å²) in [6.07, 6.45) is 2.14. The SMILES string of the molecule is COc1ccc(C)cc1S(=O)(=O)N[C@H](Cc1ccccc1)C(=O)NC1CC1. The molecule has 0 bridgehead atoms. The van der Waals surface area contributed by atoms with Gasteiger partial charge < -0.3 is 10.1 Å². The Morgan fingerprint density at radius 1 is 1.19 bits per heavy atom. The fourth-order valence-electron chi connectivity index (χ4n) is 2.81. The first-order chi connectivity index (χ1) is 12.9. The molecule has 1 atom stereocenters. The van der Waals surface area contributed by atoms with Crippen molar-refractivity contribution in [1.82, 2.24) is 10.0 Å². The van der Waals surface area contributed by atoms with Crippen LogP contribution in [0.2, 0.25) is 0 Å². The highest BCUT2D eigenvalue weighted by molar-refractivity contribution is 7.89. The van der Waals surface area contributed by atoms with Crippen molar-refractivity contribution >= 4 is 15.9 Å². The molecule has 3 rings (SSSR count). The lowest BCUT2D eigenvalue weighted by molar-refractivity contribution is -0.122. The van der Waals surface area contributed by atoms with Crippen LogP contribution in [0.1, 0.15) is 24.0 Å². The molecule has 27 heavy (non-hydrogen) atoms. The number of carbonyl (C=O) groups is 1. The fraction of sp³-hybridized carbons (Fsp3) is 0.350. The zero-order valence-corrected chi connectivity index (χ0v) is 16.3. The number of sulfonamides is 1. The van der Waals surface area contributed by atoms with Gasteiger partial charge in [0.1, 0.15) is 16.7 Å². The number of rotatable bonds is 8. The van der Waals surface area contributed by atoms with Crippen LogP contribution < -0.4 is 14.8 Å². The van der Waals surface area contributed by atoms with Crippen molar-refractivity contribution in [3.8, 4) is 5.75 Å². The normalized spacial score (nSPS) is 15.2. The lowest BCUT2D eigenvalue weighted by Gasteiger charge is -2.20. The summed E-state index contributed by atoms with van der Waals surface area (Å²) in [5.74, 6) is -0.0642. The molecule has 6 nitrogen and oxygen atoms in total. The van der Waals surface area contributed by atoms with E-state index in [9.17, 15) is 13.2 Å². The molecule has 1 aliphatic rings. The van der Waals surface area contributed by atoms with E-state index < -0.39 is 16.1 Å². The van der Waals surface area contributed by atoms with Gasteiger partial charge >= 0.3 is 0 Å². The molecule has 144 valence electrons. The van der Waals surface area contributed by atoms with E-state index in [1.54, 1.807) is 25.1 Å². The second-order valence-electron chi connectivity index (χ2n) is 6.80. The Hall–Kier alpha value is -2.38. The van der Waals surface area contributed by atoms with Crippen molar-refractivity contribution in [3.63, 3.8) is 0 Å². The maximum absolute atomic E-state index is 13.0. The highest BCUT2D eigenvalue weighted by atomic mass is 32.2. The van der Waals surface area contributed by atoms with Crippen LogP contribution in [0.5, 0.6) is 5.75 Å². The minimum atomic E-state index is -3.94. The van der Waals surface area contributed by atoms with Gasteiger partial charge in [-0.3, -0.25) is 4.79 Å². The monoisotopic (exact) mass is 388 g/mol. The molecule has 2 aromatic rings. The minimum Gasteiger partial charge on any atom is -0.495 e. The van der Waals surface area contributed by atoms with E-state index in [-0.39, 0.29) is 29.0 Å². The van der Waals surface area contributed by atoms with Crippen LogP contribution in [-0.4, -0.2) is 33.5 Å². The third-order valence-corrected chi connectivity index (χ3v) is 5.92. The van der Waals surface area contributed by atoms with Gasteiger partial charge in [-0.15, -0.1) is 0 Å². The van der Waals surface area contributed by atoms with E-state index in [0.717, 1.165) is 24.0 Å². The highest BCUT2D eigenvalue weighted by Gasteiger charge is 2.31. The van der Waals surface area contributed by atoms with E-state index in [4.69, 9.17) is 4.74 Å². The molecule has 0 heterocycles. The number of aryl methyl sites for hydroxylation is 1. The van der Waals surface area contributed by atoms with Crippen LogP contribution in [0.25, 0.3) is 0 Å². The van der Waals surface area contributed by atoms with Crippen LogP contribution >= 0.6 is 0 Å². The van der Waals surface area contributed by atoms with Gasteiger partial charge in [0.05, 0.1) is 7.11 Å². The summed E-state index contributed by atoms with van der Waals surface area (Å²) in [5.41, 5.74) is 1.67. The molecule has 2 aromatic carbocycles. The van der Waals surface area contributed by atoms with Gasteiger partial charge in [-0.2, -0.15) is 4.72 Å². The second kappa shape index (κ2) is 8.10. The Balaban J connectivity index is 1.87. The number of benzene rings is 2. The number of methoxy groups -OCH3 is 1. The average molecular weight is 388 g/mol. The molecule has 1 saturated carbocycles. The van der Waals surface area contributed by atoms with Gasteiger partial charge in [0.25, 0.3) is 0 Å². The van der Waals surface area contributed by atoms with Crippen molar-refractivity contribution in [2.24, 2.45) is 0 Å². The molecule has 7 heteroatoms. The number of hydrogen-bond donors (Lipinski definition) is 2. The number of amides is 1. The molecule has 0 aromatic heterocycles. The second-order valence-corrected chi connectivity index (χ2v) is 8.48. The lowest BCUT2D eigenvalue weighted by Crippen LogP contribution is -2.48. The summed E-state index contributed by atoms with van der Waals surface area (Å²) in [6, 6.07) is 13.5. The summed E-state index contributed by atoms with van der Waals surface area (Å²) in [6.45, 7) is 1.81. The van der Waals surface area contributed by atoms with E-state index >= 15 is 0 Å². The number of carbonyl (C=O) groups excluding carboxylic acids is 1. The number of nitrogens with one attached hydrogen (secondary N) is 2. The van der Waals surface area contributed by atoms with Crippen LogP contribution in [0, 0.1) is 6.92 Å². The third-order valence-electron chi connectivity index (χ3n) is 4.43. The van der Waals surface area contributed by atoms with E-state index in [0.29, 0.717) is 0 Å². The van der Waals surface area contributed by atoms with Crippen LogP contribution in [0.3, 0.4) is 0 Å². The maximum atomic E-state index is 13.0. The predicted molar refractivity (Wildman–Crippen MR) is 103 cm³/mol. The van der Waals surface area contributed by atoms with Crippen molar-refractivity contribution in [1.29, 1.82) is 0 Å². The predicted octanol–water partition coefficient (Wildman–Crippen LogP) is 2.17. The van der Waals surface area contributed by atoms with Gasteiger partial charge in [0.2, 0.25) is 15.9 Å².